The zero-order valence-corrected chi connectivity index (χ0v) is 14.9. The minimum atomic E-state index is 0.911. The Hall–Kier alpha value is -2.39. The van der Waals surface area contributed by atoms with Gasteiger partial charge in [-0.25, -0.2) is 0 Å². The summed E-state index contributed by atoms with van der Waals surface area (Å²) in [7, 11) is 0. The van der Waals surface area contributed by atoms with Crippen LogP contribution in [0.3, 0.4) is 0 Å². The first-order chi connectivity index (χ1) is 11.8. The zero-order chi connectivity index (χ0) is 17.0. The van der Waals surface area contributed by atoms with Gasteiger partial charge in [-0.1, -0.05) is 60.8 Å². The molecule has 0 atom stereocenters. The van der Waals surface area contributed by atoms with Gasteiger partial charge < -0.3 is 10.0 Å². The van der Waals surface area contributed by atoms with Crippen LogP contribution in [0.4, 0.5) is 11.4 Å². The van der Waals surface area contributed by atoms with E-state index in [1.54, 1.807) is 18.0 Å². The standard InChI is InChI=1S/C21H24N2S/c1-3-9-18(2)10-8-17-24-23-21-15-13-20(14-16-21)22-19-11-6-4-5-7-12-19/h3-11,13-16,22-23H,1,12,17H2,2H3/b10-8-,18-9-. The first-order valence-electron chi connectivity index (χ1n) is 8.01. The molecule has 0 amide bonds. The monoisotopic (exact) mass is 336 g/mol. The molecule has 0 saturated heterocycles. The smallest absolute Gasteiger partial charge is 0.0441 e. The molecule has 24 heavy (non-hydrogen) atoms. The summed E-state index contributed by atoms with van der Waals surface area (Å²) in [5.74, 6) is 0.911. The van der Waals surface area contributed by atoms with Crippen molar-refractivity contribution in [1.29, 1.82) is 0 Å². The van der Waals surface area contributed by atoms with Crippen LogP contribution in [0.15, 0.2) is 96.8 Å². The molecule has 0 aliphatic heterocycles. The predicted octanol–water partition coefficient (Wildman–Crippen LogP) is 6.25. The molecule has 1 aromatic carbocycles. The summed E-state index contributed by atoms with van der Waals surface area (Å²) in [5, 5.41) is 3.45. The lowest BCUT2D eigenvalue weighted by Gasteiger charge is -2.10. The number of nitrogens with one attached hydrogen (secondary N) is 2. The fourth-order valence-corrected chi connectivity index (χ4v) is 2.70. The van der Waals surface area contributed by atoms with Gasteiger partial charge in [-0.15, -0.1) is 0 Å². The van der Waals surface area contributed by atoms with E-state index in [4.69, 9.17) is 0 Å². The van der Waals surface area contributed by atoms with E-state index in [2.05, 4.69) is 84.3 Å². The normalized spacial score (nSPS) is 14.4. The van der Waals surface area contributed by atoms with Crippen molar-refractivity contribution < 1.29 is 0 Å². The maximum absolute atomic E-state index is 3.69. The van der Waals surface area contributed by atoms with Gasteiger partial charge in [-0.2, -0.15) is 0 Å². The van der Waals surface area contributed by atoms with Gasteiger partial charge in [0.15, 0.2) is 0 Å². The van der Waals surface area contributed by atoms with Crippen molar-refractivity contribution in [2.45, 2.75) is 13.3 Å². The quantitative estimate of drug-likeness (QED) is 0.333. The molecule has 0 spiro atoms. The molecule has 0 unspecified atom stereocenters. The Labute approximate surface area is 149 Å². The number of anilines is 2. The fourth-order valence-electron chi connectivity index (χ4n) is 2.13. The molecule has 2 rings (SSSR count). The number of benzene rings is 1. The average Bonchev–Trinajstić information content (AvgIpc) is 2.85. The molecule has 124 valence electrons. The van der Waals surface area contributed by atoms with Crippen LogP contribution in [0.5, 0.6) is 0 Å². The Morgan fingerprint density at radius 1 is 1.17 bits per heavy atom. The van der Waals surface area contributed by atoms with E-state index in [0.717, 1.165) is 23.5 Å². The lowest BCUT2D eigenvalue weighted by Crippen LogP contribution is -1.98. The molecule has 2 nitrogen and oxygen atoms in total. The average molecular weight is 337 g/mol. The maximum Gasteiger partial charge on any atom is 0.0441 e. The van der Waals surface area contributed by atoms with Crippen molar-refractivity contribution in [3.63, 3.8) is 0 Å². The van der Waals surface area contributed by atoms with E-state index in [9.17, 15) is 0 Å². The van der Waals surface area contributed by atoms with Gasteiger partial charge in [-0.3, -0.25) is 0 Å². The van der Waals surface area contributed by atoms with Gasteiger partial charge in [-0.05, 0) is 49.2 Å². The highest BCUT2D eigenvalue weighted by atomic mass is 32.2. The van der Waals surface area contributed by atoms with Crippen LogP contribution in [0, 0.1) is 0 Å². The molecule has 1 aliphatic rings. The summed E-state index contributed by atoms with van der Waals surface area (Å²) in [4.78, 5) is 0. The lowest BCUT2D eigenvalue weighted by atomic mass is 10.2. The minimum absolute atomic E-state index is 0.911. The number of hydrogen-bond donors (Lipinski definition) is 2. The third kappa shape index (κ3) is 6.80. The molecule has 3 heteroatoms. The summed E-state index contributed by atoms with van der Waals surface area (Å²) in [6.07, 6.45) is 19.4. The van der Waals surface area contributed by atoms with E-state index in [1.165, 1.54) is 11.3 Å². The molecule has 1 aromatic rings. The number of allylic oxidation sites excluding steroid dienone is 9. The van der Waals surface area contributed by atoms with Crippen molar-refractivity contribution in [2.75, 3.05) is 15.8 Å². The van der Waals surface area contributed by atoms with E-state index in [0.29, 0.717) is 0 Å². The summed E-state index contributed by atoms with van der Waals surface area (Å²) in [6, 6.07) is 8.36. The topological polar surface area (TPSA) is 24.1 Å². The van der Waals surface area contributed by atoms with Crippen molar-refractivity contribution in [2.24, 2.45) is 0 Å². The Morgan fingerprint density at radius 3 is 2.75 bits per heavy atom. The van der Waals surface area contributed by atoms with Crippen LogP contribution >= 0.6 is 11.9 Å². The van der Waals surface area contributed by atoms with Crippen LogP contribution in [-0.2, 0) is 0 Å². The van der Waals surface area contributed by atoms with Crippen LogP contribution in [0.25, 0.3) is 0 Å². The molecular weight excluding hydrogens is 312 g/mol. The van der Waals surface area contributed by atoms with Gasteiger partial charge in [0.05, 0.1) is 0 Å². The molecule has 0 saturated carbocycles. The van der Waals surface area contributed by atoms with Crippen molar-refractivity contribution in [3.05, 3.63) is 96.8 Å². The van der Waals surface area contributed by atoms with Crippen molar-refractivity contribution >= 4 is 23.3 Å². The SMILES string of the molecule is C=C/C=C(C)\C=C/CSNc1ccc(NC2=CC=CC=CC2)cc1. The molecule has 2 N–H and O–H groups in total. The van der Waals surface area contributed by atoms with Crippen LogP contribution in [0.1, 0.15) is 13.3 Å². The van der Waals surface area contributed by atoms with Gasteiger partial charge in [0, 0.05) is 29.2 Å². The van der Waals surface area contributed by atoms with Gasteiger partial charge in [0.1, 0.15) is 0 Å². The largest absolute Gasteiger partial charge is 0.359 e. The fraction of sp³-hybridized carbons (Fsp3) is 0.143. The highest BCUT2D eigenvalue weighted by Gasteiger charge is 1.98. The second-order valence-electron chi connectivity index (χ2n) is 5.37. The van der Waals surface area contributed by atoms with E-state index < -0.39 is 0 Å². The van der Waals surface area contributed by atoms with Crippen LogP contribution in [-0.4, -0.2) is 5.75 Å². The molecule has 0 bridgehead atoms. The van der Waals surface area contributed by atoms with Gasteiger partial charge >= 0.3 is 0 Å². The van der Waals surface area contributed by atoms with Crippen LogP contribution in [0.2, 0.25) is 0 Å². The van der Waals surface area contributed by atoms with Gasteiger partial charge in [0.2, 0.25) is 0 Å². The molecule has 1 aliphatic carbocycles. The summed E-state index contributed by atoms with van der Waals surface area (Å²) in [6.45, 7) is 5.76. The lowest BCUT2D eigenvalue weighted by molar-refractivity contribution is 1.22. The highest BCUT2D eigenvalue weighted by molar-refractivity contribution is 8.00. The van der Waals surface area contributed by atoms with E-state index in [-0.39, 0.29) is 0 Å². The summed E-state index contributed by atoms with van der Waals surface area (Å²) >= 11 is 1.67. The maximum atomic E-state index is 3.69. The molecule has 0 radical (unpaired) electrons. The molecule has 0 heterocycles. The van der Waals surface area contributed by atoms with E-state index in [1.807, 2.05) is 12.2 Å². The molecule has 0 fully saturated rings. The first-order valence-corrected chi connectivity index (χ1v) is 8.99. The number of rotatable bonds is 8. The predicted molar refractivity (Wildman–Crippen MR) is 110 cm³/mol. The Balaban J connectivity index is 1.77. The molecular formula is C21H24N2S. The second-order valence-corrected chi connectivity index (χ2v) is 6.20. The van der Waals surface area contributed by atoms with E-state index >= 15 is 0 Å². The van der Waals surface area contributed by atoms with Crippen LogP contribution < -0.4 is 10.0 Å². The number of hydrogen-bond acceptors (Lipinski definition) is 3. The summed E-state index contributed by atoms with van der Waals surface area (Å²) in [5.41, 5.74) is 4.61. The first kappa shape index (κ1) is 18.0. The third-order valence-electron chi connectivity index (χ3n) is 3.31. The Kier molecular flexibility index (Phi) is 7.78. The van der Waals surface area contributed by atoms with Crippen molar-refractivity contribution in [1.82, 2.24) is 0 Å². The Morgan fingerprint density at radius 2 is 1.96 bits per heavy atom. The minimum Gasteiger partial charge on any atom is -0.359 e. The summed E-state index contributed by atoms with van der Waals surface area (Å²) < 4.78 is 3.35. The zero-order valence-electron chi connectivity index (χ0n) is 14.0. The third-order valence-corrected chi connectivity index (χ3v) is 4.05. The van der Waals surface area contributed by atoms with Gasteiger partial charge in [0.25, 0.3) is 0 Å². The van der Waals surface area contributed by atoms with Crippen molar-refractivity contribution in [3.8, 4) is 0 Å². The molecule has 0 aromatic heterocycles. The second kappa shape index (κ2) is 10.4. The Bertz CT molecular complexity index is 676. The highest BCUT2D eigenvalue weighted by Crippen LogP contribution is 2.19.